The Bertz CT molecular complexity index is 948. The first-order chi connectivity index (χ1) is 12.3. The van der Waals surface area contributed by atoms with Crippen LogP contribution in [0.5, 0.6) is 0 Å². The molecule has 25 heavy (non-hydrogen) atoms. The maximum absolute atomic E-state index is 4.37. The van der Waals surface area contributed by atoms with E-state index in [0.29, 0.717) is 0 Å². The molecule has 2 aromatic heterocycles. The smallest absolute Gasteiger partial charge is 0.309 e. The Morgan fingerprint density at radius 3 is 2.20 bits per heavy atom. The van der Waals surface area contributed by atoms with E-state index in [0.717, 1.165) is 35.6 Å². The molecule has 0 saturated heterocycles. The fraction of sp³-hybridized carbons (Fsp3) is 0.278. The zero-order chi connectivity index (χ0) is 17.6. The van der Waals surface area contributed by atoms with Crippen LogP contribution in [0.4, 0.5) is 5.82 Å². The highest BCUT2D eigenvalue weighted by Crippen LogP contribution is 2.12. The maximum atomic E-state index is 4.37. The second-order valence-corrected chi connectivity index (χ2v) is 5.49. The lowest BCUT2D eigenvalue weighted by molar-refractivity contribution is -0.658. The molecule has 0 amide bonds. The molecule has 0 atom stereocenters. The highest BCUT2D eigenvalue weighted by Gasteiger charge is 2.08. The van der Waals surface area contributed by atoms with Crippen molar-refractivity contribution < 1.29 is 4.57 Å². The molecule has 128 valence electrons. The third-order valence-electron chi connectivity index (χ3n) is 4.02. The first-order valence-electron chi connectivity index (χ1n) is 8.35. The number of fused-ring (bicyclic) bond motifs is 1. The fourth-order valence-corrected chi connectivity index (χ4v) is 2.82. The lowest BCUT2D eigenvalue weighted by atomic mass is 10.3. The van der Waals surface area contributed by atoms with Gasteiger partial charge in [0.05, 0.1) is 29.4 Å². The molecular weight excluding hydrogens is 314 g/mol. The number of para-hydroxylation sites is 2. The van der Waals surface area contributed by atoms with Gasteiger partial charge in [-0.15, -0.1) is 10.2 Å². The van der Waals surface area contributed by atoms with Crippen LogP contribution >= 0.6 is 0 Å². The van der Waals surface area contributed by atoms with Gasteiger partial charge in [0.25, 0.3) is 0 Å². The number of azo groups is 1. The highest BCUT2D eigenvalue weighted by molar-refractivity contribution is 5.75. The number of benzene rings is 1. The van der Waals surface area contributed by atoms with Crippen LogP contribution in [0, 0.1) is 0 Å². The number of rotatable bonds is 5. The van der Waals surface area contributed by atoms with Crippen LogP contribution in [-0.2, 0) is 20.1 Å². The summed E-state index contributed by atoms with van der Waals surface area (Å²) in [4.78, 5) is 0. The van der Waals surface area contributed by atoms with Crippen LogP contribution in [-0.4, -0.2) is 15.5 Å². The quantitative estimate of drug-likeness (QED) is 0.226. The van der Waals surface area contributed by atoms with E-state index < -0.39 is 0 Å². The number of aromatic nitrogens is 3. The van der Waals surface area contributed by atoms with Gasteiger partial charge in [0.2, 0.25) is 5.62 Å². The SMILES string of the molecule is CCn1c(=NN=CN=Nc2cccc[n+]2C)n(CC)c2ccccc21. The molecule has 0 aliphatic heterocycles. The van der Waals surface area contributed by atoms with E-state index in [9.17, 15) is 0 Å². The van der Waals surface area contributed by atoms with Gasteiger partial charge in [-0.3, -0.25) is 0 Å². The topological polar surface area (TPSA) is 63.2 Å². The molecule has 0 saturated carbocycles. The molecule has 0 bridgehead atoms. The van der Waals surface area contributed by atoms with Crippen molar-refractivity contribution in [1.29, 1.82) is 0 Å². The van der Waals surface area contributed by atoms with Gasteiger partial charge in [-0.05, 0) is 37.2 Å². The molecule has 0 N–H and O–H groups in total. The van der Waals surface area contributed by atoms with E-state index in [1.165, 1.54) is 6.34 Å². The second-order valence-electron chi connectivity index (χ2n) is 5.49. The largest absolute Gasteiger partial charge is 0.350 e. The van der Waals surface area contributed by atoms with Gasteiger partial charge in [-0.2, -0.15) is 0 Å². The Hall–Kier alpha value is -3.09. The molecule has 3 rings (SSSR count). The van der Waals surface area contributed by atoms with Crippen molar-refractivity contribution in [3.63, 3.8) is 0 Å². The summed E-state index contributed by atoms with van der Waals surface area (Å²) < 4.78 is 6.17. The van der Waals surface area contributed by atoms with Crippen molar-refractivity contribution in [3.05, 3.63) is 54.3 Å². The van der Waals surface area contributed by atoms with Crippen LogP contribution in [0.3, 0.4) is 0 Å². The number of aryl methyl sites for hydroxylation is 3. The number of hydrogen-bond donors (Lipinski definition) is 0. The van der Waals surface area contributed by atoms with Crippen molar-refractivity contribution in [2.45, 2.75) is 26.9 Å². The lowest BCUT2D eigenvalue weighted by Crippen LogP contribution is -2.26. The summed E-state index contributed by atoms with van der Waals surface area (Å²) in [5.74, 6) is 0.750. The van der Waals surface area contributed by atoms with Gasteiger partial charge in [0, 0.05) is 19.2 Å². The van der Waals surface area contributed by atoms with Gasteiger partial charge >= 0.3 is 5.82 Å². The zero-order valence-electron chi connectivity index (χ0n) is 14.7. The maximum Gasteiger partial charge on any atom is 0.350 e. The molecule has 7 heteroatoms. The fourth-order valence-electron chi connectivity index (χ4n) is 2.82. The molecule has 0 unspecified atom stereocenters. The normalized spacial score (nSPS) is 11.8. The third kappa shape index (κ3) is 3.40. The van der Waals surface area contributed by atoms with Crippen molar-refractivity contribution in [2.24, 2.45) is 27.5 Å². The molecule has 0 radical (unpaired) electrons. The zero-order valence-corrected chi connectivity index (χ0v) is 14.7. The first kappa shape index (κ1) is 16.8. The molecule has 7 nitrogen and oxygen atoms in total. The van der Waals surface area contributed by atoms with E-state index in [-0.39, 0.29) is 0 Å². The number of pyridine rings is 1. The molecule has 0 aliphatic carbocycles. The molecule has 0 fully saturated rings. The van der Waals surface area contributed by atoms with Gasteiger partial charge in [0.1, 0.15) is 0 Å². The number of hydrogen-bond acceptors (Lipinski definition) is 3. The van der Waals surface area contributed by atoms with E-state index in [4.69, 9.17) is 0 Å². The Labute approximate surface area is 146 Å². The third-order valence-corrected chi connectivity index (χ3v) is 4.02. The summed E-state index contributed by atoms with van der Waals surface area (Å²) >= 11 is 0. The van der Waals surface area contributed by atoms with Crippen LogP contribution < -0.4 is 10.2 Å². The second kappa shape index (κ2) is 7.65. The molecule has 1 aromatic carbocycles. The van der Waals surface area contributed by atoms with Crippen LogP contribution in [0.15, 0.2) is 69.1 Å². The predicted molar refractivity (Wildman–Crippen MR) is 97.5 cm³/mol. The Morgan fingerprint density at radius 2 is 1.60 bits per heavy atom. The first-order valence-corrected chi connectivity index (χ1v) is 8.35. The van der Waals surface area contributed by atoms with Gasteiger partial charge in [-0.1, -0.05) is 18.2 Å². The van der Waals surface area contributed by atoms with Crippen LogP contribution in [0.25, 0.3) is 11.0 Å². The van der Waals surface area contributed by atoms with Gasteiger partial charge in [-0.25, -0.2) is 4.57 Å². The minimum absolute atomic E-state index is 0.750. The van der Waals surface area contributed by atoms with Gasteiger partial charge < -0.3 is 9.13 Å². The molecule has 2 heterocycles. The highest BCUT2D eigenvalue weighted by atomic mass is 15.3. The minimum Gasteiger partial charge on any atom is -0.309 e. The van der Waals surface area contributed by atoms with Crippen molar-refractivity contribution >= 4 is 23.2 Å². The Kier molecular flexibility index (Phi) is 5.13. The van der Waals surface area contributed by atoms with Crippen molar-refractivity contribution in [3.8, 4) is 0 Å². The minimum atomic E-state index is 0.750. The monoisotopic (exact) mass is 336 g/mol. The van der Waals surface area contributed by atoms with E-state index in [1.807, 2.05) is 48.1 Å². The summed E-state index contributed by atoms with van der Waals surface area (Å²) in [5, 5.41) is 16.6. The summed E-state index contributed by atoms with van der Waals surface area (Å²) in [5.41, 5.74) is 3.11. The number of nitrogens with zero attached hydrogens (tertiary/aromatic N) is 7. The van der Waals surface area contributed by atoms with Gasteiger partial charge in [0.15, 0.2) is 6.34 Å². The molecule has 3 aromatic rings. The lowest BCUT2D eigenvalue weighted by Gasteiger charge is -1.98. The molecule has 0 aliphatic rings. The summed E-state index contributed by atoms with van der Waals surface area (Å²) in [6, 6.07) is 14.0. The van der Waals surface area contributed by atoms with Crippen molar-refractivity contribution in [2.75, 3.05) is 0 Å². The van der Waals surface area contributed by atoms with E-state index in [1.54, 1.807) is 0 Å². The molecular formula is C18H22N7+. The van der Waals surface area contributed by atoms with Crippen LogP contribution in [0.1, 0.15) is 13.8 Å². The Balaban J connectivity index is 1.95. The average molecular weight is 336 g/mol. The number of imidazole rings is 1. The Morgan fingerprint density at radius 1 is 0.960 bits per heavy atom. The summed E-state index contributed by atoms with van der Waals surface area (Å²) in [7, 11) is 1.92. The van der Waals surface area contributed by atoms with Crippen LogP contribution in [0.2, 0.25) is 0 Å². The van der Waals surface area contributed by atoms with Crippen molar-refractivity contribution in [1.82, 2.24) is 9.13 Å². The standard InChI is InChI=1S/C18H22N7/c1-4-24-15-10-6-7-11-16(15)25(5-2)18(24)22-20-14-19-21-17-12-8-9-13-23(17)3/h6-14H,4-5H2,1-3H3/q+1. The summed E-state index contributed by atoms with van der Waals surface area (Å²) in [6.07, 6.45) is 3.28. The van der Waals surface area contributed by atoms with E-state index in [2.05, 4.69) is 55.5 Å². The average Bonchev–Trinajstić information content (AvgIpc) is 2.95. The van der Waals surface area contributed by atoms with E-state index >= 15 is 0 Å². The molecule has 0 spiro atoms. The predicted octanol–water partition coefficient (Wildman–Crippen LogP) is 2.94. The summed E-state index contributed by atoms with van der Waals surface area (Å²) in [6.45, 7) is 5.85.